The molecule has 2 amide bonds. The molecule has 0 fully saturated rings. The quantitative estimate of drug-likeness (QED) is 0.390. The fraction of sp³-hybridized carbons (Fsp3) is 0.214. The summed E-state index contributed by atoms with van der Waals surface area (Å²) in [4.78, 5) is 36.8. The van der Waals surface area contributed by atoms with Gasteiger partial charge in [-0.25, -0.2) is 4.98 Å². The Morgan fingerprint density at radius 3 is 2.58 bits per heavy atom. The van der Waals surface area contributed by atoms with E-state index in [2.05, 4.69) is 10.3 Å². The zero-order valence-electron chi connectivity index (χ0n) is 20.5. The standard InChI is InChI=1S/C28H26N4O3S/c1-16-11-17(2)26(18(3)12-16)31-25(33)14-32-23-13-20(8-9-24(23)35-19(4)28(32)34)22-15-36-27(30-22)21-7-5-6-10-29-21/h5-13,15,19H,14H2,1-4H3,(H,31,33). The molecule has 1 N–H and O–H groups in total. The summed E-state index contributed by atoms with van der Waals surface area (Å²) in [5.74, 6) is 0.0241. The molecule has 3 heterocycles. The minimum absolute atomic E-state index is 0.119. The minimum atomic E-state index is -0.686. The number of nitrogens with zero attached hydrogens (tertiary/aromatic N) is 3. The molecule has 1 atom stereocenters. The fourth-order valence-corrected chi connectivity index (χ4v) is 5.25. The number of benzene rings is 2. The Morgan fingerprint density at radius 2 is 1.86 bits per heavy atom. The maximum absolute atomic E-state index is 13.1. The van der Waals surface area contributed by atoms with Crippen LogP contribution >= 0.6 is 11.3 Å². The van der Waals surface area contributed by atoms with Crippen LogP contribution in [-0.2, 0) is 9.59 Å². The lowest BCUT2D eigenvalue weighted by molar-refractivity contribution is -0.127. The lowest BCUT2D eigenvalue weighted by Crippen LogP contribution is -2.47. The second-order valence-electron chi connectivity index (χ2n) is 8.94. The van der Waals surface area contributed by atoms with E-state index in [-0.39, 0.29) is 18.4 Å². The topological polar surface area (TPSA) is 84.4 Å². The maximum atomic E-state index is 13.1. The second-order valence-corrected chi connectivity index (χ2v) is 9.80. The number of amides is 2. The Balaban J connectivity index is 1.43. The van der Waals surface area contributed by atoms with Crippen molar-refractivity contribution < 1.29 is 14.3 Å². The van der Waals surface area contributed by atoms with Crippen LogP contribution in [0, 0.1) is 20.8 Å². The Bertz CT molecular complexity index is 1440. The molecule has 2 aromatic heterocycles. The van der Waals surface area contributed by atoms with Crippen molar-refractivity contribution in [2.24, 2.45) is 0 Å². The van der Waals surface area contributed by atoms with Gasteiger partial charge < -0.3 is 10.1 Å². The van der Waals surface area contributed by atoms with E-state index in [0.717, 1.165) is 44.3 Å². The van der Waals surface area contributed by atoms with Crippen LogP contribution < -0.4 is 15.0 Å². The molecule has 1 aliphatic rings. The van der Waals surface area contributed by atoms with Crippen LogP contribution in [-0.4, -0.2) is 34.4 Å². The molecule has 0 saturated carbocycles. The highest BCUT2D eigenvalue weighted by Gasteiger charge is 2.33. The molecule has 0 spiro atoms. The zero-order valence-corrected chi connectivity index (χ0v) is 21.3. The van der Waals surface area contributed by atoms with Crippen LogP contribution in [0.3, 0.4) is 0 Å². The van der Waals surface area contributed by atoms with Crippen molar-refractivity contribution in [2.45, 2.75) is 33.8 Å². The van der Waals surface area contributed by atoms with Crippen LogP contribution in [0.1, 0.15) is 23.6 Å². The van der Waals surface area contributed by atoms with Crippen molar-refractivity contribution in [2.75, 3.05) is 16.8 Å². The summed E-state index contributed by atoms with van der Waals surface area (Å²) in [5.41, 5.74) is 6.83. The van der Waals surface area contributed by atoms with Gasteiger partial charge in [-0.05, 0) is 69.2 Å². The Kier molecular flexibility index (Phi) is 6.28. The number of hydrogen-bond acceptors (Lipinski definition) is 6. The monoisotopic (exact) mass is 498 g/mol. The lowest BCUT2D eigenvalue weighted by atomic mass is 10.0. The van der Waals surface area contributed by atoms with Gasteiger partial charge in [-0.2, -0.15) is 0 Å². The van der Waals surface area contributed by atoms with Gasteiger partial charge in [-0.15, -0.1) is 11.3 Å². The molecular weight excluding hydrogens is 472 g/mol. The third-order valence-electron chi connectivity index (χ3n) is 6.09. The number of carbonyl (C=O) groups is 2. The molecule has 0 aliphatic carbocycles. The smallest absolute Gasteiger partial charge is 0.268 e. The van der Waals surface area contributed by atoms with Gasteiger partial charge in [-0.3, -0.25) is 19.5 Å². The number of nitrogens with one attached hydrogen (secondary N) is 1. The number of carbonyl (C=O) groups excluding carboxylic acids is 2. The van der Waals surface area contributed by atoms with Crippen molar-refractivity contribution in [3.8, 4) is 27.7 Å². The van der Waals surface area contributed by atoms with Gasteiger partial charge in [-0.1, -0.05) is 23.8 Å². The summed E-state index contributed by atoms with van der Waals surface area (Å²) in [6.45, 7) is 7.53. The zero-order chi connectivity index (χ0) is 25.4. The first-order valence-corrected chi connectivity index (χ1v) is 12.5. The SMILES string of the molecule is Cc1cc(C)c(NC(=O)CN2C(=O)C(C)Oc3ccc(-c4csc(-c5ccccn5)n4)cc32)c(C)c1. The molecule has 0 bridgehead atoms. The van der Waals surface area contributed by atoms with Gasteiger partial charge in [0.05, 0.1) is 17.1 Å². The van der Waals surface area contributed by atoms with E-state index in [1.807, 2.05) is 74.7 Å². The second kappa shape index (κ2) is 9.54. The minimum Gasteiger partial charge on any atom is -0.479 e. The number of aryl methyl sites for hydroxylation is 3. The highest BCUT2D eigenvalue weighted by Crippen LogP contribution is 2.38. The highest BCUT2D eigenvalue weighted by molar-refractivity contribution is 7.13. The number of rotatable bonds is 5. The molecule has 182 valence electrons. The molecule has 7 nitrogen and oxygen atoms in total. The van der Waals surface area contributed by atoms with Crippen LogP contribution in [0.5, 0.6) is 5.75 Å². The number of aromatic nitrogens is 2. The van der Waals surface area contributed by atoms with Gasteiger partial charge in [0, 0.05) is 22.8 Å². The molecule has 2 aromatic carbocycles. The van der Waals surface area contributed by atoms with Crippen LogP contribution in [0.15, 0.2) is 60.1 Å². The first kappa shape index (κ1) is 23.7. The third-order valence-corrected chi connectivity index (χ3v) is 6.96. The van der Waals surface area contributed by atoms with Gasteiger partial charge >= 0.3 is 0 Å². The average Bonchev–Trinajstić information content (AvgIpc) is 3.35. The van der Waals surface area contributed by atoms with Crippen LogP contribution in [0.2, 0.25) is 0 Å². The molecule has 0 radical (unpaired) electrons. The van der Waals surface area contributed by atoms with Gasteiger partial charge in [0.1, 0.15) is 17.3 Å². The van der Waals surface area contributed by atoms with E-state index in [1.54, 1.807) is 13.1 Å². The summed E-state index contributed by atoms with van der Waals surface area (Å²) in [6.07, 6.45) is 1.05. The Labute approximate surface area is 213 Å². The predicted molar refractivity (Wildman–Crippen MR) is 143 cm³/mol. The van der Waals surface area contributed by atoms with E-state index >= 15 is 0 Å². The summed E-state index contributed by atoms with van der Waals surface area (Å²) in [6, 6.07) is 15.4. The van der Waals surface area contributed by atoms with Crippen LogP contribution in [0.4, 0.5) is 11.4 Å². The van der Waals surface area contributed by atoms with Crippen molar-refractivity contribution in [3.63, 3.8) is 0 Å². The number of fused-ring (bicyclic) bond motifs is 1. The molecule has 1 aliphatic heterocycles. The van der Waals surface area contributed by atoms with Crippen LogP contribution in [0.25, 0.3) is 22.0 Å². The fourth-order valence-electron chi connectivity index (χ4n) is 4.44. The molecule has 0 saturated heterocycles. The van der Waals surface area contributed by atoms with Crippen molar-refractivity contribution >= 4 is 34.5 Å². The van der Waals surface area contributed by atoms with E-state index in [1.165, 1.54) is 16.2 Å². The maximum Gasteiger partial charge on any atom is 0.268 e. The lowest BCUT2D eigenvalue weighted by Gasteiger charge is -2.33. The Hall–Kier alpha value is -4.04. The van der Waals surface area contributed by atoms with E-state index in [0.29, 0.717) is 11.4 Å². The molecule has 5 rings (SSSR count). The van der Waals surface area contributed by atoms with E-state index in [9.17, 15) is 9.59 Å². The van der Waals surface area contributed by atoms with Crippen molar-refractivity contribution in [1.29, 1.82) is 0 Å². The van der Waals surface area contributed by atoms with Gasteiger partial charge in [0.25, 0.3) is 5.91 Å². The molecule has 1 unspecified atom stereocenters. The third kappa shape index (κ3) is 4.59. The van der Waals surface area contributed by atoms with Gasteiger partial charge in [0.15, 0.2) is 6.10 Å². The predicted octanol–water partition coefficient (Wildman–Crippen LogP) is 5.55. The highest BCUT2D eigenvalue weighted by atomic mass is 32.1. The number of anilines is 2. The van der Waals surface area contributed by atoms with Crippen molar-refractivity contribution in [3.05, 3.63) is 76.8 Å². The Morgan fingerprint density at radius 1 is 1.08 bits per heavy atom. The van der Waals surface area contributed by atoms with Crippen molar-refractivity contribution in [1.82, 2.24) is 9.97 Å². The summed E-state index contributed by atoms with van der Waals surface area (Å²) >= 11 is 1.50. The van der Waals surface area contributed by atoms with E-state index < -0.39 is 6.10 Å². The first-order valence-electron chi connectivity index (χ1n) is 11.7. The molecule has 36 heavy (non-hydrogen) atoms. The molecular formula is C28H26N4O3S. The number of thiazole rings is 1. The van der Waals surface area contributed by atoms with E-state index in [4.69, 9.17) is 9.72 Å². The molecule has 8 heteroatoms. The first-order chi connectivity index (χ1) is 17.3. The number of hydrogen-bond donors (Lipinski definition) is 1. The summed E-state index contributed by atoms with van der Waals surface area (Å²) in [5, 5.41) is 5.76. The molecule has 4 aromatic rings. The summed E-state index contributed by atoms with van der Waals surface area (Å²) < 4.78 is 5.84. The number of ether oxygens (including phenoxy) is 1. The largest absolute Gasteiger partial charge is 0.479 e. The number of pyridine rings is 1. The summed E-state index contributed by atoms with van der Waals surface area (Å²) in [7, 11) is 0. The average molecular weight is 499 g/mol. The van der Waals surface area contributed by atoms with Gasteiger partial charge in [0.2, 0.25) is 5.91 Å². The normalized spacial score (nSPS) is 14.8.